The van der Waals surface area contributed by atoms with Gasteiger partial charge in [0.05, 0.1) is 11.7 Å². The standard InChI is InChI=1S/C24H32F2O/c1-3-4-18-15-23(25)22(24(26)16-18)14-7-17-5-8-19(9-6-17)20-10-12-21(27-2)13-11-20/h15-17,19-21H,3-6,8-13H2,1-2H3/t17?,19?,20-,21-. The molecular formula is C24H32F2O. The van der Waals surface area contributed by atoms with E-state index in [1.54, 1.807) is 0 Å². The maximum absolute atomic E-state index is 14.2. The highest BCUT2D eigenvalue weighted by Gasteiger charge is 2.30. The summed E-state index contributed by atoms with van der Waals surface area (Å²) < 4.78 is 33.9. The van der Waals surface area contributed by atoms with Gasteiger partial charge in [0.15, 0.2) is 0 Å². The zero-order valence-corrected chi connectivity index (χ0v) is 16.7. The number of rotatable bonds is 4. The van der Waals surface area contributed by atoms with E-state index in [1.165, 1.54) is 50.7 Å². The van der Waals surface area contributed by atoms with E-state index in [2.05, 4.69) is 11.8 Å². The molecule has 0 amide bonds. The molecule has 2 saturated carbocycles. The van der Waals surface area contributed by atoms with Crippen LogP contribution in [0.1, 0.15) is 75.8 Å². The molecule has 0 unspecified atom stereocenters. The fourth-order valence-electron chi connectivity index (χ4n) is 4.88. The molecule has 1 nitrogen and oxygen atoms in total. The highest BCUT2D eigenvalue weighted by molar-refractivity contribution is 5.39. The number of hydrogen-bond acceptors (Lipinski definition) is 1. The van der Waals surface area contributed by atoms with E-state index in [-0.39, 0.29) is 11.5 Å². The number of halogens is 2. The van der Waals surface area contributed by atoms with E-state index in [9.17, 15) is 8.78 Å². The molecule has 3 heteroatoms. The summed E-state index contributed by atoms with van der Waals surface area (Å²) >= 11 is 0. The lowest BCUT2D eigenvalue weighted by Gasteiger charge is -2.36. The van der Waals surface area contributed by atoms with Gasteiger partial charge in [0.25, 0.3) is 0 Å². The van der Waals surface area contributed by atoms with Crippen molar-refractivity contribution in [3.63, 3.8) is 0 Å². The van der Waals surface area contributed by atoms with E-state index >= 15 is 0 Å². The van der Waals surface area contributed by atoms with Gasteiger partial charge in [-0.05, 0) is 87.3 Å². The fraction of sp³-hybridized carbons (Fsp3) is 0.667. The average molecular weight is 375 g/mol. The lowest BCUT2D eigenvalue weighted by Crippen LogP contribution is -2.27. The molecule has 148 valence electrons. The van der Waals surface area contributed by atoms with Gasteiger partial charge in [-0.3, -0.25) is 0 Å². The fourth-order valence-corrected chi connectivity index (χ4v) is 4.88. The first-order chi connectivity index (χ1) is 13.1. The monoisotopic (exact) mass is 374 g/mol. The Bertz CT molecular complexity index is 648. The van der Waals surface area contributed by atoms with E-state index in [1.807, 2.05) is 14.0 Å². The van der Waals surface area contributed by atoms with Gasteiger partial charge >= 0.3 is 0 Å². The third kappa shape index (κ3) is 5.32. The van der Waals surface area contributed by atoms with Gasteiger partial charge in [-0.15, -0.1) is 0 Å². The summed E-state index contributed by atoms with van der Waals surface area (Å²) in [6.45, 7) is 2.00. The molecule has 0 bridgehead atoms. The summed E-state index contributed by atoms with van der Waals surface area (Å²) in [4.78, 5) is 0. The van der Waals surface area contributed by atoms with Gasteiger partial charge in [0.1, 0.15) is 11.6 Å². The van der Waals surface area contributed by atoms with Crippen molar-refractivity contribution in [1.29, 1.82) is 0 Å². The zero-order valence-electron chi connectivity index (χ0n) is 16.7. The van der Waals surface area contributed by atoms with Crippen molar-refractivity contribution in [2.24, 2.45) is 17.8 Å². The molecule has 0 spiro atoms. The van der Waals surface area contributed by atoms with Crippen molar-refractivity contribution < 1.29 is 13.5 Å². The minimum absolute atomic E-state index is 0.0603. The van der Waals surface area contributed by atoms with Crippen LogP contribution in [0.25, 0.3) is 0 Å². The predicted molar refractivity (Wildman–Crippen MR) is 105 cm³/mol. The Morgan fingerprint density at radius 1 is 0.926 bits per heavy atom. The number of methoxy groups -OCH3 is 1. The normalized spacial score (nSPS) is 28.4. The van der Waals surface area contributed by atoms with Gasteiger partial charge in [-0.2, -0.15) is 0 Å². The van der Waals surface area contributed by atoms with Crippen LogP contribution in [0.4, 0.5) is 8.78 Å². The molecule has 1 aromatic rings. The van der Waals surface area contributed by atoms with Crippen LogP contribution in [0.2, 0.25) is 0 Å². The quantitative estimate of drug-likeness (QED) is 0.564. The van der Waals surface area contributed by atoms with Crippen LogP contribution in [0, 0.1) is 41.2 Å². The van der Waals surface area contributed by atoms with E-state index in [0.29, 0.717) is 18.1 Å². The first-order valence-corrected chi connectivity index (χ1v) is 10.6. The lowest BCUT2D eigenvalue weighted by atomic mass is 9.70. The Labute approximate surface area is 162 Å². The third-order valence-corrected chi connectivity index (χ3v) is 6.53. The third-order valence-electron chi connectivity index (χ3n) is 6.53. The molecule has 2 aliphatic carbocycles. The van der Waals surface area contributed by atoms with Crippen LogP contribution in [0.3, 0.4) is 0 Å². The zero-order chi connectivity index (χ0) is 19.2. The molecule has 2 fully saturated rings. The molecule has 27 heavy (non-hydrogen) atoms. The number of aryl methyl sites for hydroxylation is 1. The van der Waals surface area contributed by atoms with E-state index in [0.717, 1.165) is 31.1 Å². The first-order valence-electron chi connectivity index (χ1n) is 10.6. The van der Waals surface area contributed by atoms with E-state index < -0.39 is 11.6 Å². The molecule has 0 atom stereocenters. The van der Waals surface area contributed by atoms with Crippen molar-refractivity contribution >= 4 is 0 Å². The summed E-state index contributed by atoms with van der Waals surface area (Å²) in [6, 6.07) is 2.87. The first kappa shape index (κ1) is 20.3. The summed E-state index contributed by atoms with van der Waals surface area (Å²) in [5.74, 6) is 6.82. The SMILES string of the molecule is CCCc1cc(F)c(C#CC2CCC([C@H]3CC[C@H](OC)CC3)CC2)c(F)c1. The predicted octanol–water partition coefficient (Wildman–Crippen LogP) is 6.28. The van der Waals surface area contributed by atoms with Gasteiger partial charge in [0, 0.05) is 13.0 Å². The molecule has 1 aromatic carbocycles. The molecular weight excluding hydrogens is 342 g/mol. The van der Waals surface area contributed by atoms with Gasteiger partial charge in [-0.25, -0.2) is 8.78 Å². The molecule has 0 N–H and O–H groups in total. The van der Waals surface area contributed by atoms with Crippen molar-refractivity contribution in [1.82, 2.24) is 0 Å². The van der Waals surface area contributed by atoms with Gasteiger partial charge in [-0.1, -0.05) is 25.2 Å². The van der Waals surface area contributed by atoms with Crippen LogP contribution < -0.4 is 0 Å². The second-order valence-electron chi connectivity index (χ2n) is 8.34. The summed E-state index contributed by atoms with van der Waals surface area (Å²) in [5, 5.41) is 0. The van der Waals surface area contributed by atoms with Crippen LogP contribution in [-0.4, -0.2) is 13.2 Å². The smallest absolute Gasteiger partial charge is 0.142 e. The maximum Gasteiger partial charge on any atom is 0.142 e. The van der Waals surface area contributed by atoms with Gasteiger partial charge < -0.3 is 4.74 Å². The average Bonchev–Trinajstić information content (AvgIpc) is 2.68. The molecule has 0 radical (unpaired) electrons. The lowest BCUT2D eigenvalue weighted by molar-refractivity contribution is 0.0406. The maximum atomic E-state index is 14.2. The van der Waals surface area contributed by atoms with Crippen molar-refractivity contribution in [3.05, 3.63) is 34.9 Å². The number of ether oxygens (including phenoxy) is 1. The van der Waals surface area contributed by atoms with Crippen LogP contribution in [0.5, 0.6) is 0 Å². The van der Waals surface area contributed by atoms with E-state index in [4.69, 9.17) is 4.74 Å². The second-order valence-corrected chi connectivity index (χ2v) is 8.34. The van der Waals surface area contributed by atoms with Crippen LogP contribution in [-0.2, 0) is 11.2 Å². The molecule has 0 aromatic heterocycles. The topological polar surface area (TPSA) is 9.23 Å². The Hall–Kier alpha value is -1.40. The van der Waals surface area contributed by atoms with Crippen LogP contribution >= 0.6 is 0 Å². The van der Waals surface area contributed by atoms with Crippen LogP contribution in [0.15, 0.2) is 12.1 Å². The van der Waals surface area contributed by atoms with Gasteiger partial charge in [0.2, 0.25) is 0 Å². The second kappa shape index (κ2) is 9.69. The Morgan fingerprint density at radius 3 is 2.00 bits per heavy atom. The Kier molecular flexibility index (Phi) is 7.30. The Morgan fingerprint density at radius 2 is 1.48 bits per heavy atom. The van der Waals surface area contributed by atoms with Crippen molar-refractivity contribution in [2.45, 2.75) is 77.2 Å². The largest absolute Gasteiger partial charge is 0.381 e. The minimum Gasteiger partial charge on any atom is -0.381 e. The number of benzene rings is 1. The summed E-state index contributed by atoms with van der Waals surface area (Å²) in [5.41, 5.74) is 0.650. The molecule has 3 rings (SSSR count). The minimum atomic E-state index is -0.519. The number of hydrogen-bond donors (Lipinski definition) is 0. The highest BCUT2D eigenvalue weighted by Crippen LogP contribution is 2.40. The van der Waals surface area contributed by atoms with Crippen molar-refractivity contribution in [2.75, 3.05) is 7.11 Å². The highest BCUT2D eigenvalue weighted by atomic mass is 19.1. The summed E-state index contributed by atoms with van der Waals surface area (Å²) in [6.07, 6.45) is 11.5. The molecule has 2 aliphatic rings. The Balaban J connectivity index is 1.54. The molecule has 0 aliphatic heterocycles. The molecule has 0 heterocycles. The van der Waals surface area contributed by atoms with Crippen molar-refractivity contribution in [3.8, 4) is 11.8 Å². The summed E-state index contributed by atoms with van der Waals surface area (Å²) in [7, 11) is 1.82. The molecule has 0 saturated heterocycles.